The van der Waals surface area contributed by atoms with Crippen molar-refractivity contribution in [3.05, 3.63) is 75.8 Å². The van der Waals surface area contributed by atoms with Crippen molar-refractivity contribution in [2.45, 2.75) is 11.2 Å². The van der Waals surface area contributed by atoms with E-state index < -0.39 is 0 Å². The van der Waals surface area contributed by atoms with Crippen LogP contribution in [0.15, 0.2) is 59.8 Å². The number of thioether (sulfide) groups is 1. The Kier molecular flexibility index (Phi) is 4.46. The van der Waals surface area contributed by atoms with Gasteiger partial charge in [-0.2, -0.15) is 4.98 Å². The predicted molar refractivity (Wildman–Crippen MR) is 104 cm³/mol. The molecule has 1 aliphatic rings. The molecule has 126 valence electrons. The SMILES string of the molecule is CSc1nc2n(n1)[C@@H](c1ccc(Cl)cc1Cl)C=C(c1ccccc1)N2. The summed E-state index contributed by atoms with van der Waals surface area (Å²) in [7, 11) is 0. The largest absolute Gasteiger partial charge is 0.324 e. The molecule has 1 aliphatic heterocycles. The molecule has 4 nitrogen and oxygen atoms in total. The van der Waals surface area contributed by atoms with Gasteiger partial charge in [0.05, 0.1) is 0 Å². The quantitative estimate of drug-likeness (QED) is 0.612. The summed E-state index contributed by atoms with van der Waals surface area (Å²) in [6, 6.07) is 15.5. The van der Waals surface area contributed by atoms with Crippen molar-refractivity contribution >= 4 is 46.6 Å². The van der Waals surface area contributed by atoms with Crippen LogP contribution in [0.3, 0.4) is 0 Å². The maximum atomic E-state index is 6.46. The molecule has 0 saturated carbocycles. The van der Waals surface area contributed by atoms with E-state index in [0.29, 0.717) is 21.2 Å². The Labute approximate surface area is 159 Å². The first-order chi connectivity index (χ1) is 12.2. The smallest absolute Gasteiger partial charge is 0.227 e. The van der Waals surface area contributed by atoms with Crippen LogP contribution in [0.2, 0.25) is 10.0 Å². The molecule has 0 unspecified atom stereocenters. The molecule has 1 aromatic heterocycles. The second-order valence-electron chi connectivity index (χ2n) is 5.55. The number of anilines is 1. The number of aromatic nitrogens is 3. The van der Waals surface area contributed by atoms with Crippen LogP contribution in [-0.2, 0) is 0 Å². The zero-order valence-electron chi connectivity index (χ0n) is 13.3. The fourth-order valence-corrected chi connectivity index (χ4v) is 3.68. The number of nitrogens with zero attached hydrogens (tertiary/aromatic N) is 3. The summed E-state index contributed by atoms with van der Waals surface area (Å²) in [4.78, 5) is 4.56. The lowest BCUT2D eigenvalue weighted by Crippen LogP contribution is -2.20. The normalized spacial score (nSPS) is 16.1. The van der Waals surface area contributed by atoms with Gasteiger partial charge in [-0.1, -0.05) is 71.4 Å². The Morgan fingerprint density at radius 2 is 1.92 bits per heavy atom. The predicted octanol–water partition coefficient (Wildman–Crippen LogP) is 5.36. The van der Waals surface area contributed by atoms with E-state index in [1.54, 1.807) is 6.07 Å². The number of halogens is 2. The molecule has 2 aromatic carbocycles. The maximum absolute atomic E-state index is 6.46. The second kappa shape index (κ2) is 6.75. The van der Waals surface area contributed by atoms with Crippen molar-refractivity contribution < 1.29 is 0 Å². The van der Waals surface area contributed by atoms with Crippen molar-refractivity contribution in [2.24, 2.45) is 0 Å². The van der Waals surface area contributed by atoms with E-state index in [2.05, 4.69) is 33.6 Å². The second-order valence-corrected chi connectivity index (χ2v) is 7.17. The monoisotopic (exact) mass is 388 g/mol. The van der Waals surface area contributed by atoms with Gasteiger partial charge in [0.15, 0.2) is 0 Å². The van der Waals surface area contributed by atoms with Crippen LogP contribution < -0.4 is 5.32 Å². The highest BCUT2D eigenvalue weighted by atomic mass is 35.5. The average Bonchev–Trinajstić information content (AvgIpc) is 3.05. The molecule has 1 atom stereocenters. The minimum atomic E-state index is -0.162. The third-order valence-electron chi connectivity index (χ3n) is 3.99. The Morgan fingerprint density at radius 3 is 2.64 bits per heavy atom. The van der Waals surface area contributed by atoms with Gasteiger partial charge in [-0.05, 0) is 35.6 Å². The van der Waals surface area contributed by atoms with E-state index in [4.69, 9.17) is 23.2 Å². The standard InChI is InChI=1S/C18H14Cl2N4S/c1-25-18-22-17-21-15(11-5-3-2-4-6-11)10-16(24(17)23-18)13-8-7-12(19)9-14(13)20/h2-10,16H,1H3,(H,21,22,23)/t16-/m1/s1. The van der Waals surface area contributed by atoms with Gasteiger partial charge >= 0.3 is 0 Å². The van der Waals surface area contributed by atoms with Gasteiger partial charge in [-0.15, -0.1) is 5.10 Å². The zero-order chi connectivity index (χ0) is 17.4. The van der Waals surface area contributed by atoms with E-state index in [-0.39, 0.29) is 6.04 Å². The molecule has 2 heterocycles. The van der Waals surface area contributed by atoms with Crippen LogP contribution in [0.25, 0.3) is 5.70 Å². The van der Waals surface area contributed by atoms with Gasteiger partial charge in [0.25, 0.3) is 0 Å². The van der Waals surface area contributed by atoms with Crippen LogP contribution in [0, 0.1) is 0 Å². The van der Waals surface area contributed by atoms with E-state index in [1.807, 2.05) is 41.3 Å². The number of hydrogen-bond donors (Lipinski definition) is 1. The van der Waals surface area contributed by atoms with Gasteiger partial charge < -0.3 is 5.32 Å². The summed E-state index contributed by atoms with van der Waals surface area (Å²) < 4.78 is 1.85. The number of hydrogen-bond acceptors (Lipinski definition) is 4. The van der Waals surface area contributed by atoms with E-state index in [0.717, 1.165) is 16.8 Å². The number of rotatable bonds is 3. The maximum Gasteiger partial charge on any atom is 0.227 e. The van der Waals surface area contributed by atoms with Gasteiger partial charge in [0.1, 0.15) is 6.04 Å². The molecule has 0 fully saturated rings. The molecule has 7 heteroatoms. The van der Waals surface area contributed by atoms with E-state index >= 15 is 0 Å². The van der Waals surface area contributed by atoms with Gasteiger partial charge in [-0.25, -0.2) is 4.68 Å². The third-order valence-corrected chi connectivity index (χ3v) is 5.10. The fourth-order valence-electron chi connectivity index (χ4n) is 2.81. The summed E-state index contributed by atoms with van der Waals surface area (Å²) in [5.41, 5.74) is 2.99. The zero-order valence-corrected chi connectivity index (χ0v) is 15.6. The minimum Gasteiger partial charge on any atom is -0.324 e. The molecule has 0 aliphatic carbocycles. The molecule has 4 rings (SSSR count). The Bertz CT molecular complexity index is 953. The highest BCUT2D eigenvalue weighted by Crippen LogP contribution is 2.36. The Hall–Kier alpha value is -1.95. The molecule has 0 radical (unpaired) electrons. The number of fused-ring (bicyclic) bond motifs is 1. The van der Waals surface area contributed by atoms with Crippen LogP contribution >= 0.6 is 35.0 Å². The lowest BCUT2D eigenvalue weighted by Gasteiger charge is -2.25. The summed E-state index contributed by atoms with van der Waals surface area (Å²) in [5.74, 6) is 0.696. The van der Waals surface area contributed by atoms with E-state index in [1.165, 1.54) is 11.8 Å². The van der Waals surface area contributed by atoms with Crippen molar-refractivity contribution in [1.82, 2.24) is 14.8 Å². The van der Waals surface area contributed by atoms with Crippen molar-refractivity contribution in [3.63, 3.8) is 0 Å². The number of benzene rings is 2. The molecule has 0 saturated heterocycles. The first-order valence-electron chi connectivity index (χ1n) is 7.65. The lowest BCUT2D eigenvalue weighted by atomic mass is 10.0. The van der Waals surface area contributed by atoms with Gasteiger partial charge in [0, 0.05) is 15.7 Å². The molecular formula is C18H14Cl2N4S. The van der Waals surface area contributed by atoms with Crippen molar-refractivity contribution in [3.8, 4) is 0 Å². The molecule has 1 N–H and O–H groups in total. The highest BCUT2D eigenvalue weighted by molar-refractivity contribution is 7.98. The first-order valence-corrected chi connectivity index (χ1v) is 9.63. The summed E-state index contributed by atoms with van der Waals surface area (Å²) in [6.45, 7) is 0. The van der Waals surface area contributed by atoms with Crippen LogP contribution in [0.5, 0.6) is 0 Å². The number of allylic oxidation sites excluding steroid dienone is 1. The molecule has 0 amide bonds. The lowest BCUT2D eigenvalue weighted by molar-refractivity contribution is 0.598. The minimum absolute atomic E-state index is 0.162. The third kappa shape index (κ3) is 3.15. The highest BCUT2D eigenvalue weighted by Gasteiger charge is 2.26. The Balaban J connectivity index is 1.86. The van der Waals surface area contributed by atoms with Crippen molar-refractivity contribution in [2.75, 3.05) is 11.6 Å². The van der Waals surface area contributed by atoms with Gasteiger partial charge in [0.2, 0.25) is 11.1 Å². The average molecular weight is 389 g/mol. The topological polar surface area (TPSA) is 42.7 Å². The number of nitrogens with one attached hydrogen (secondary N) is 1. The van der Waals surface area contributed by atoms with E-state index in [9.17, 15) is 0 Å². The molecule has 25 heavy (non-hydrogen) atoms. The fraction of sp³-hybridized carbons (Fsp3) is 0.111. The van der Waals surface area contributed by atoms with Gasteiger partial charge in [-0.3, -0.25) is 0 Å². The molecule has 0 spiro atoms. The van der Waals surface area contributed by atoms with Crippen molar-refractivity contribution in [1.29, 1.82) is 0 Å². The van der Waals surface area contributed by atoms with Crippen LogP contribution in [0.4, 0.5) is 5.95 Å². The molecular weight excluding hydrogens is 375 g/mol. The van der Waals surface area contributed by atoms with Crippen LogP contribution in [0.1, 0.15) is 17.2 Å². The molecule has 3 aromatic rings. The Morgan fingerprint density at radius 1 is 1.12 bits per heavy atom. The summed E-state index contributed by atoms with van der Waals surface area (Å²) in [5, 5.41) is 9.88. The molecule has 0 bridgehead atoms. The summed E-state index contributed by atoms with van der Waals surface area (Å²) >= 11 is 14.0. The first kappa shape index (κ1) is 16.5. The van der Waals surface area contributed by atoms with Crippen LogP contribution in [-0.4, -0.2) is 21.0 Å². The summed E-state index contributed by atoms with van der Waals surface area (Å²) in [6.07, 6.45) is 4.06.